The first-order valence-corrected chi connectivity index (χ1v) is 11.0. The van der Waals surface area contributed by atoms with Crippen molar-refractivity contribution >= 4 is 51.1 Å². The average Bonchev–Trinajstić information content (AvgIpc) is 3.50. The lowest BCUT2D eigenvalue weighted by atomic mass is 10.2. The van der Waals surface area contributed by atoms with E-state index in [1.807, 2.05) is 17.5 Å². The van der Waals surface area contributed by atoms with Gasteiger partial charge in [-0.05, 0) is 30.7 Å². The van der Waals surface area contributed by atoms with Crippen LogP contribution in [-0.2, 0) is 4.74 Å². The summed E-state index contributed by atoms with van der Waals surface area (Å²) >= 11 is 7.49. The molecule has 0 saturated carbocycles. The summed E-state index contributed by atoms with van der Waals surface area (Å²) in [4.78, 5) is 13.1. The van der Waals surface area contributed by atoms with E-state index in [9.17, 15) is 9.18 Å². The Kier molecular flexibility index (Phi) is 5.35. The molecular formula is C22H18ClFN4O2S. The standard InChI is InChI=1S/C22H18ClFN4O2S/c23-16-3-1-2-4-18(16)27-19-7-13-10-25-28(20(13)9-17(19)24)15-8-21(31-12-15)22(29)26-14-5-6-30-11-14/h1-4,7-10,12,14,27H,5-6,11H2,(H,26,29). The van der Waals surface area contributed by atoms with Crippen molar-refractivity contribution in [2.75, 3.05) is 18.5 Å². The first kappa shape index (κ1) is 20.0. The highest BCUT2D eigenvalue weighted by molar-refractivity contribution is 7.12. The highest BCUT2D eigenvalue weighted by Crippen LogP contribution is 2.31. The number of nitrogens with zero attached hydrogens (tertiary/aromatic N) is 2. The number of carbonyl (C=O) groups is 1. The Morgan fingerprint density at radius 3 is 2.94 bits per heavy atom. The van der Waals surface area contributed by atoms with E-state index in [0.29, 0.717) is 45.7 Å². The van der Waals surface area contributed by atoms with Crippen LogP contribution < -0.4 is 10.6 Å². The molecule has 2 aromatic carbocycles. The van der Waals surface area contributed by atoms with Crippen molar-refractivity contribution in [2.24, 2.45) is 0 Å². The Bertz CT molecular complexity index is 1270. The quantitative estimate of drug-likeness (QED) is 0.436. The summed E-state index contributed by atoms with van der Waals surface area (Å²) < 4.78 is 21.8. The lowest BCUT2D eigenvalue weighted by Crippen LogP contribution is -2.34. The van der Waals surface area contributed by atoms with E-state index in [4.69, 9.17) is 16.3 Å². The summed E-state index contributed by atoms with van der Waals surface area (Å²) in [5, 5.41) is 13.5. The number of halogens is 2. The van der Waals surface area contributed by atoms with E-state index in [0.717, 1.165) is 11.8 Å². The molecule has 1 unspecified atom stereocenters. The van der Waals surface area contributed by atoms with Gasteiger partial charge < -0.3 is 15.4 Å². The van der Waals surface area contributed by atoms with Gasteiger partial charge in [-0.2, -0.15) is 5.10 Å². The van der Waals surface area contributed by atoms with Gasteiger partial charge in [0.05, 0.1) is 51.3 Å². The van der Waals surface area contributed by atoms with E-state index in [2.05, 4.69) is 15.7 Å². The second-order valence-corrected chi connectivity index (χ2v) is 8.57. The molecule has 0 aliphatic carbocycles. The highest BCUT2D eigenvalue weighted by Gasteiger charge is 2.20. The smallest absolute Gasteiger partial charge is 0.261 e. The molecule has 4 aromatic rings. The summed E-state index contributed by atoms with van der Waals surface area (Å²) in [6, 6.07) is 12.1. The summed E-state index contributed by atoms with van der Waals surface area (Å²) in [6.45, 7) is 1.20. The van der Waals surface area contributed by atoms with E-state index >= 15 is 0 Å². The van der Waals surface area contributed by atoms with Crippen molar-refractivity contribution in [1.29, 1.82) is 0 Å². The Labute approximate surface area is 186 Å². The van der Waals surface area contributed by atoms with Crippen molar-refractivity contribution in [2.45, 2.75) is 12.5 Å². The Balaban J connectivity index is 1.41. The van der Waals surface area contributed by atoms with Crippen molar-refractivity contribution in [3.8, 4) is 5.69 Å². The number of para-hydroxylation sites is 1. The van der Waals surface area contributed by atoms with Crippen LogP contribution >= 0.6 is 22.9 Å². The second-order valence-electron chi connectivity index (χ2n) is 7.26. The monoisotopic (exact) mass is 456 g/mol. The molecular weight excluding hydrogens is 439 g/mol. The maximum atomic E-state index is 14.9. The number of hydrogen-bond acceptors (Lipinski definition) is 5. The predicted molar refractivity (Wildman–Crippen MR) is 120 cm³/mol. The van der Waals surface area contributed by atoms with Gasteiger partial charge in [-0.3, -0.25) is 4.79 Å². The molecule has 1 amide bonds. The number of benzene rings is 2. The lowest BCUT2D eigenvalue weighted by molar-refractivity contribution is 0.0934. The van der Waals surface area contributed by atoms with Gasteiger partial charge in [0.1, 0.15) is 5.82 Å². The van der Waals surface area contributed by atoms with E-state index < -0.39 is 5.82 Å². The molecule has 6 nitrogen and oxygen atoms in total. The third-order valence-corrected chi connectivity index (χ3v) is 6.37. The molecule has 2 N–H and O–H groups in total. The molecule has 2 aromatic heterocycles. The number of aromatic nitrogens is 2. The number of nitrogens with one attached hydrogen (secondary N) is 2. The summed E-state index contributed by atoms with van der Waals surface area (Å²) in [5.74, 6) is -0.566. The molecule has 5 rings (SSSR count). The normalized spacial score (nSPS) is 16.0. The third kappa shape index (κ3) is 4.01. The number of thiophene rings is 1. The molecule has 1 aliphatic rings. The van der Waals surface area contributed by atoms with Gasteiger partial charge in [0, 0.05) is 23.4 Å². The Morgan fingerprint density at radius 1 is 1.26 bits per heavy atom. The van der Waals surface area contributed by atoms with E-state index in [1.165, 1.54) is 17.4 Å². The number of anilines is 2. The molecule has 0 radical (unpaired) electrons. The largest absolute Gasteiger partial charge is 0.379 e. The minimum Gasteiger partial charge on any atom is -0.379 e. The number of amides is 1. The van der Waals surface area contributed by atoms with Crippen LogP contribution in [0.1, 0.15) is 16.1 Å². The zero-order valence-corrected chi connectivity index (χ0v) is 17.8. The fourth-order valence-corrected chi connectivity index (χ4v) is 4.47. The summed E-state index contributed by atoms with van der Waals surface area (Å²) in [5.41, 5.74) is 2.25. The van der Waals surface area contributed by atoms with Gasteiger partial charge in [-0.1, -0.05) is 23.7 Å². The zero-order valence-electron chi connectivity index (χ0n) is 16.3. The maximum absolute atomic E-state index is 14.9. The molecule has 1 aliphatic heterocycles. The van der Waals surface area contributed by atoms with Gasteiger partial charge >= 0.3 is 0 Å². The van der Waals surface area contributed by atoms with E-state index in [-0.39, 0.29) is 11.9 Å². The Hall–Kier alpha value is -2.94. The van der Waals surface area contributed by atoms with Crippen LogP contribution in [0, 0.1) is 5.82 Å². The molecule has 1 saturated heterocycles. The number of hydrogen-bond donors (Lipinski definition) is 2. The number of ether oxygens (including phenoxy) is 1. The van der Waals surface area contributed by atoms with Crippen LogP contribution in [0.4, 0.5) is 15.8 Å². The molecule has 0 bridgehead atoms. The van der Waals surface area contributed by atoms with Crippen molar-refractivity contribution in [1.82, 2.24) is 15.1 Å². The Morgan fingerprint density at radius 2 is 2.13 bits per heavy atom. The molecule has 0 spiro atoms. The predicted octanol–water partition coefficient (Wildman–Crippen LogP) is 5.14. The summed E-state index contributed by atoms with van der Waals surface area (Å²) in [7, 11) is 0. The molecule has 1 atom stereocenters. The van der Waals surface area contributed by atoms with Gasteiger partial charge in [0.25, 0.3) is 5.91 Å². The highest BCUT2D eigenvalue weighted by atomic mass is 35.5. The fraction of sp³-hybridized carbons (Fsp3) is 0.182. The number of carbonyl (C=O) groups excluding carboxylic acids is 1. The molecule has 158 valence electrons. The van der Waals surface area contributed by atoms with Gasteiger partial charge in [0.15, 0.2) is 0 Å². The maximum Gasteiger partial charge on any atom is 0.261 e. The average molecular weight is 457 g/mol. The molecule has 1 fully saturated rings. The van der Waals surface area contributed by atoms with Crippen LogP contribution in [0.25, 0.3) is 16.6 Å². The number of fused-ring (bicyclic) bond motifs is 1. The first-order chi connectivity index (χ1) is 15.1. The van der Waals surface area contributed by atoms with Crippen LogP contribution in [0.5, 0.6) is 0 Å². The fourth-order valence-electron chi connectivity index (χ4n) is 3.52. The summed E-state index contributed by atoms with van der Waals surface area (Å²) in [6.07, 6.45) is 2.48. The first-order valence-electron chi connectivity index (χ1n) is 9.75. The van der Waals surface area contributed by atoms with Crippen LogP contribution in [-0.4, -0.2) is 34.9 Å². The minimum atomic E-state index is -0.427. The van der Waals surface area contributed by atoms with Crippen LogP contribution in [0.2, 0.25) is 5.02 Å². The molecule has 9 heteroatoms. The van der Waals surface area contributed by atoms with Gasteiger partial charge in [-0.15, -0.1) is 11.3 Å². The lowest BCUT2D eigenvalue weighted by Gasteiger charge is -2.10. The van der Waals surface area contributed by atoms with Gasteiger partial charge in [-0.25, -0.2) is 9.07 Å². The van der Waals surface area contributed by atoms with Crippen molar-refractivity contribution in [3.63, 3.8) is 0 Å². The molecule has 3 heterocycles. The molecule has 31 heavy (non-hydrogen) atoms. The van der Waals surface area contributed by atoms with Crippen LogP contribution in [0.3, 0.4) is 0 Å². The van der Waals surface area contributed by atoms with Gasteiger partial charge in [0.2, 0.25) is 0 Å². The topological polar surface area (TPSA) is 68.2 Å². The second kappa shape index (κ2) is 8.30. The zero-order chi connectivity index (χ0) is 21.4. The van der Waals surface area contributed by atoms with E-state index in [1.54, 1.807) is 35.1 Å². The van der Waals surface area contributed by atoms with Crippen molar-refractivity contribution < 1.29 is 13.9 Å². The number of rotatable bonds is 5. The van der Waals surface area contributed by atoms with Crippen LogP contribution in [0.15, 0.2) is 54.0 Å². The third-order valence-electron chi connectivity index (χ3n) is 5.12. The van der Waals surface area contributed by atoms with Crippen molar-refractivity contribution in [3.05, 3.63) is 69.8 Å². The minimum absolute atomic E-state index is 0.0433. The SMILES string of the molecule is O=C(NC1CCOC1)c1cc(-n2ncc3cc(Nc4ccccc4Cl)c(F)cc32)cs1.